The smallest absolute Gasteiger partial charge is 0.123 e. The maximum absolute atomic E-state index is 4.64. The zero-order chi connectivity index (χ0) is 12.1. The average molecular weight is 232 g/mol. The maximum Gasteiger partial charge on any atom is 0.123 e. The van der Waals surface area contributed by atoms with Crippen LogP contribution in [-0.4, -0.2) is 21.1 Å². The van der Waals surface area contributed by atoms with Crippen LogP contribution >= 0.6 is 0 Å². The number of nitrogens with one attached hydrogen (secondary N) is 1. The molecule has 0 radical (unpaired) electrons. The van der Waals surface area contributed by atoms with Gasteiger partial charge in [0.05, 0.1) is 18.3 Å². The van der Waals surface area contributed by atoms with E-state index in [9.17, 15) is 0 Å². The van der Waals surface area contributed by atoms with Gasteiger partial charge in [0, 0.05) is 12.7 Å². The van der Waals surface area contributed by atoms with E-state index in [-0.39, 0.29) is 0 Å². The second-order valence-electron chi connectivity index (χ2n) is 4.22. The number of nitrogens with zero attached hydrogens (tertiary/aromatic N) is 3. The highest BCUT2D eigenvalue weighted by Gasteiger charge is 2.08. The molecule has 4 nitrogen and oxygen atoms in total. The Kier molecular flexibility index (Phi) is 4.09. The quantitative estimate of drug-likeness (QED) is 0.777. The van der Waals surface area contributed by atoms with Gasteiger partial charge in [-0.05, 0) is 25.5 Å². The number of fused-ring (bicyclic) bond motifs is 1. The summed E-state index contributed by atoms with van der Waals surface area (Å²) in [6.07, 6.45) is 5.94. The molecule has 0 aromatic carbocycles. The summed E-state index contributed by atoms with van der Waals surface area (Å²) in [4.78, 5) is 8.77. The van der Waals surface area contributed by atoms with E-state index < -0.39 is 0 Å². The summed E-state index contributed by atoms with van der Waals surface area (Å²) in [5.41, 5.74) is 2.18. The highest BCUT2D eigenvalue weighted by molar-refractivity contribution is 5.74. The molecule has 17 heavy (non-hydrogen) atoms. The van der Waals surface area contributed by atoms with Crippen molar-refractivity contribution in [2.24, 2.45) is 0 Å². The van der Waals surface area contributed by atoms with E-state index in [1.807, 2.05) is 18.5 Å². The molecule has 0 bridgehead atoms. The molecule has 0 saturated heterocycles. The monoisotopic (exact) mass is 232 g/mol. The zero-order valence-corrected chi connectivity index (χ0v) is 10.6. The summed E-state index contributed by atoms with van der Waals surface area (Å²) in [6.45, 7) is 7.25. The van der Waals surface area contributed by atoms with Crippen LogP contribution in [0.3, 0.4) is 0 Å². The number of hydrogen-bond donors (Lipinski definition) is 1. The number of rotatable bonds is 6. The van der Waals surface area contributed by atoms with Crippen LogP contribution in [0.25, 0.3) is 11.0 Å². The molecule has 2 aromatic rings. The number of hydrogen-bond acceptors (Lipinski definition) is 3. The van der Waals surface area contributed by atoms with E-state index in [1.54, 1.807) is 0 Å². The van der Waals surface area contributed by atoms with E-state index in [2.05, 4.69) is 33.7 Å². The Morgan fingerprint density at radius 2 is 2.18 bits per heavy atom. The minimum atomic E-state index is 0.836. The fourth-order valence-electron chi connectivity index (χ4n) is 2.02. The van der Waals surface area contributed by atoms with Gasteiger partial charge in [-0.15, -0.1) is 0 Å². The molecule has 1 N–H and O–H groups in total. The molecule has 0 saturated carbocycles. The molecule has 2 aromatic heterocycles. The van der Waals surface area contributed by atoms with Crippen molar-refractivity contribution in [1.29, 1.82) is 0 Å². The van der Waals surface area contributed by atoms with Crippen LogP contribution in [0, 0.1) is 0 Å². The van der Waals surface area contributed by atoms with Gasteiger partial charge in [0.25, 0.3) is 0 Å². The molecule has 2 rings (SSSR count). The highest BCUT2D eigenvalue weighted by Crippen LogP contribution is 2.15. The van der Waals surface area contributed by atoms with Crippen LogP contribution in [0.2, 0.25) is 0 Å². The topological polar surface area (TPSA) is 42.7 Å². The third-order valence-corrected chi connectivity index (χ3v) is 2.79. The van der Waals surface area contributed by atoms with Crippen molar-refractivity contribution in [3.05, 3.63) is 24.3 Å². The predicted octanol–water partition coefficient (Wildman–Crippen LogP) is 2.34. The van der Waals surface area contributed by atoms with Gasteiger partial charge in [0.2, 0.25) is 0 Å². The maximum atomic E-state index is 4.64. The minimum Gasteiger partial charge on any atom is -0.327 e. The molecular formula is C13H20N4. The highest BCUT2D eigenvalue weighted by atomic mass is 15.1. The molecule has 92 valence electrons. The lowest BCUT2D eigenvalue weighted by molar-refractivity contribution is 0.595. The van der Waals surface area contributed by atoms with Crippen molar-refractivity contribution >= 4 is 11.0 Å². The lowest BCUT2D eigenvalue weighted by Crippen LogP contribution is -2.17. The molecule has 0 fully saturated rings. The predicted molar refractivity (Wildman–Crippen MR) is 69.8 cm³/mol. The molecule has 0 spiro atoms. The molecule has 0 atom stereocenters. The molecule has 2 heterocycles. The molecule has 0 amide bonds. The molecule has 4 heteroatoms. The van der Waals surface area contributed by atoms with Gasteiger partial charge in [-0.1, -0.05) is 13.8 Å². The Morgan fingerprint density at radius 1 is 1.29 bits per heavy atom. The first kappa shape index (κ1) is 12.0. The van der Waals surface area contributed by atoms with Crippen LogP contribution in [0.5, 0.6) is 0 Å². The van der Waals surface area contributed by atoms with Crippen LogP contribution in [0.1, 0.15) is 32.5 Å². The number of pyridine rings is 1. The van der Waals surface area contributed by atoms with Crippen molar-refractivity contribution in [3.8, 4) is 0 Å². The molecule has 0 aliphatic carbocycles. The second-order valence-corrected chi connectivity index (χ2v) is 4.22. The zero-order valence-electron chi connectivity index (χ0n) is 10.6. The van der Waals surface area contributed by atoms with E-state index in [0.29, 0.717) is 0 Å². The van der Waals surface area contributed by atoms with Crippen molar-refractivity contribution in [3.63, 3.8) is 0 Å². The lowest BCUT2D eigenvalue weighted by Gasteiger charge is -2.08. The van der Waals surface area contributed by atoms with Crippen molar-refractivity contribution in [2.75, 3.05) is 6.54 Å². The van der Waals surface area contributed by atoms with Gasteiger partial charge in [-0.25, -0.2) is 4.98 Å². The largest absolute Gasteiger partial charge is 0.327 e. The van der Waals surface area contributed by atoms with Gasteiger partial charge in [0.15, 0.2) is 0 Å². The minimum absolute atomic E-state index is 0.836. The molecular weight excluding hydrogens is 212 g/mol. The van der Waals surface area contributed by atoms with Crippen molar-refractivity contribution < 1.29 is 0 Å². The van der Waals surface area contributed by atoms with E-state index in [4.69, 9.17) is 0 Å². The summed E-state index contributed by atoms with van der Waals surface area (Å²) in [7, 11) is 0. The lowest BCUT2D eigenvalue weighted by atomic mass is 10.4. The number of aryl methyl sites for hydroxylation is 1. The number of aromatic nitrogens is 3. The van der Waals surface area contributed by atoms with Gasteiger partial charge < -0.3 is 9.88 Å². The van der Waals surface area contributed by atoms with Crippen LogP contribution < -0.4 is 5.32 Å². The first-order chi connectivity index (χ1) is 8.36. The Bertz CT molecular complexity index is 475. The third kappa shape index (κ3) is 2.64. The van der Waals surface area contributed by atoms with Gasteiger partial charge in [-0.2, -0.15) is 0 Å². The van der Waals surface area contributed by atoms with Crippen LogP contribution in [0.4, 0.5) is 0 Å². The molecule has 0 aliphatic heterocycles. The summed E-state index contributed by atoms with van der Waals surface area (Å²) in [5.74, 6) is 1.11. The summed E-state index contributed by atoms with van der Waals surface area (Å²) in [5, 5.41) is 3.41. The Balaban J connectivity index is 2.29. The number of imidazole rings is 1. The van der Waals surface area contributed by atoms with Gasteiger partial charge >= 0.3 is 0 Å². The standard InChI is InChI=1S/C13H20N4/c1-3-6-14-10-13-16-11-9-15-7-5-12(11)17(13)8-4-2/h5,7,9,14H,3-4,6,8,10H2,1-2H3. The second kappa shape index (κ2) is 5.77. The van der Waals surface area contributed by atoms with E-state index >= 15 is 0 Å². The van der Waals surface area contributed by atoms with Crippen molar-refractivity contribution in [1.82, 2.24) is 19.9 Å². The first-order valence-corrected chi connectivity index (χ1v) is 6.36. The molecule has 0 unspecified atom stereocenters. The third-order valence-electron chi connectivity index (χ3n) is 2.79. The van der Waals surface area contributed by atoms with Crippen LogP contribution in [0.15, 0.2) is 18.5 Å². The van der Waals surface area contributed by atoms with Gasteiger partial charge in [-0.3, -0.25) is 4.98 Å². The molecule has 0 aliphatic rings. The van der Waals surface area contributed by atoms with E-state index in [0.717, 1.165) is 43.8 Å². The van der Waals surface area contributed by atoms with E-state index in [1.165, 1.54) is 5.52 Å². The first-order valence-electron chi connectivity index (χ1n) is 6.36. The Labute approximate surface area is 102 Å². The van der Waals surface area contributed by atoms with Crippen LogP contribution in [-0.2, 0) is 13.1 Å². The fourth-order valence-corrected chi connectivity index (χ4v) is 2.02. The average Bonchev–Trinajstić information content (AvgIpc) is 2.69. The Hall–Kier alpha value is -1.42. The summed E-state index contributed by atoms with van der Waals surface area (Å²) < 4.78 is 2.29. The van der Waals surface area contributed by atoms with Gasteiger partial charge in [0.1, 0.15) is 11.3 Å². The summed E-state index contributed by atoms with van der Waals surface area (Å²) >= 11 is 0. The Morgan fingerprint density at radius 3 is 2.94 bits per heavy atom. The normalized spacial score (nSPS) is 11.2. The fraction of sp³-hybridized carbons (Fsp3) is 0.538. The SMILES string of the molecule is CCCNCc1nc2cnccc2n1CCC. The van der Waals surface area contributed by atoms with Crippen molar-refractivity contribution in [2.45, 2.75) is 39.8 Å². The summed E-state index contributed by atoms with van der Waals surface area (Å²) in [6, 6.07) is 2.04.